The molecule has 3 aromatic rings. The van der Waals surface area contributed by atoms with E-state index in [4.69, 9.17) is 15.0 Å². The van der Waals surface area contributed by atoms with E-state index >= 15 is 0 Å². The van der Waals surface area contributed by atoms with E-state index in [1.165, 1.54) is 24.8 Å². The second-order valence-electron chi connectivity index (χ2n) is 8.61. The Morgan fingerprint density at radius 1 is 1.16 bits per heavy atom. The van der Waals surface area contributed by atoms with E-state index in [2.05, 4.69) is 30.1 Å². The van der Waals surface area contributed by atoms with Gasteiger partial charge in [-0.25, -0.2) is 20.0 Å². The number of amides is 1. The molecule has 0 aliphatic carbocycles. The average Bonchev–Trinajstić information content (AvgIpc) is 3.24. The van der Waals surface area contributed by atoms with E-state index in [9.17, 15) is 22.5 Å². The molecule has 0 bridgehead atoms. The third-order valence-corrected chi connectivity index (χ3v) is 6.62. The Labute approximate surface area is 216 Å². The standard InChI is InChI=1S/C22H29F3N7O5P/c1-14(2)30-21(33)17(10-36-22(23,24)25)31-38(34,37-16-7-5-4-6-8-16)13-35-15(3)9-32-12-29-18-19(26)27-11-28-20(18)32/h4-8,11-12,14-15,17H,9-10,13H2,1-3H3,(H,30,33)(H,31,34)(H2,26,27,28)/t15-,17+,38+/m1/s1. The van der Waals surface area contributed by atoms with Gasteiger partial charge in [0.05, 0.1) is 25.6 Å². The number of aromatic nitrogens is 4. The van der Waals surface area contributed by atoms with Crippen LogP contribution in [0.2, 0.25) is 0 Å². The summed E-state index contributed by atoms with van der Waals surface area (Å²) in [5, 5.41) is 4.91. The summed E-state index contributed by atoms with van der Waals surface area (Å²) in [5.41, 5.74) is 6.68. The van der Waals surface area contributed by atoms with Gasteiger partial charge in [-0.15, -0.1) is 13.2 Å². The number of rotatable bonds is 13. The Kier molecular flexibility index (Phi) is 9.66. The summed E-state index contributed by atoms with van der Waals surface area (Å²) in [6, 6.07) is 5.90. The Balaban J connectivity index is 1.78. The van der Waals surface area contributed by atoms with Gasteiger partial charge in [0.2, 0.25) is 5.91 Å². The van der Waals surface area contributed by atoms with Crippen LogP contribution in [0.5, 0.6) is 5.75 Å². The summed E-state index contributed by atoms with van der Waals surface area (Å²) >= 11 is 0. The summed E-state index contributed by atoms with van der Waals surface area (Å²) in [6.45, 7) is 4.01. The van der Waals surface area contributed by atoms with E-state index < -0.39 is 50.9 Å². The zero-order chi connectivity index (χ0) is 27.9. The second kappa shape index (κ2) is 12.5. The first-order valence-corrected chi connectivity index (χ1v) is 13.3. The van der Waals surface area contributed by atoms with Crippen molar-refractivity contribution in [2.45, 2.75) is 51.9 Å². The largest absolute Gasteiger partial charge is 0.522 e. The van der Waals surface area contributed by atoms with Gasteiger partial charge in [-0.05, 0) is 32.9 Å². The van der Waals surface area contributed by atoms with E-state index in [-0.39, 0.29) is 18.1 Å². The second-order valence-corrected chi connectivity index (χ2v) is 10.7. The fourth-order valence-corrected chi connectivity index (χ4v) is 5.06. The van der Waals surface area contributed by atoms with Gasteiger partial charge in [0, 0.05) is 6.04 Å². The average molecular weight is 559 g/mol. The number of anilines is 1. The van der Waals surface area contributed by atoms with Crippen molar-refractivity contribution in [2.24, 2.45) is 0 Å². The fourth-order valence-electron chi connectivity index (χ4n) is 3.30. The lowest BCUT2D eigenvalue weighted by atomic mass is 10.3. The fraction of sp³-hybridized carbons (Fsp3) is 0.455. The van der Waals surface area contributed by atoms with Crippen LogP contribution < -0.4 is 20.7 Å². The van der Waals surface area contributed by atoms with Crippen molar-refractivity contribution >= 4 is 30.4 Å². The highest BCUT2D eigenvalue weighted by Crippen LogP contribution is 2.44. The van der Waals surface area contributed by atoms with Crippen LogP contribution in [0.15, 0.2) is 43.0 Å². The van der Waals surface area contributed by atoms with Crippen molar-refractivity contribution in [1.29, 1.82) is 0 Å². The first-order chi connectivity index (χ1) is 17.8. The quantitative estimate of drug-likeness (QED) is 0.266. The Morgan fingerprint density at radius 2 is 1.87 bits per heavy atom. The Morgan fingerprint density at radius 3 is 2.53 bits per heavy atom. The number of nitrogens with two attached hydrogens (primary N) is 1. The number of ether oxygens (including phenoxy) is 2. The van der Waals surface area contributed by atoms with Crippen LogP contribution in [0.1, 0.15) is 20.8 Å². The molecule has 1 amide bonds. The van der Waals surface area contributed by atoms with Crippen LogP contribution >= 0.6 is 7.52 Å². The van der Waals surface area contributed by atoms with Gasteiger partial charge in [-0.3, -0.25) is 14.1 Å². The highest BCUT2D eigenvalue weighted by molar-refractivity contribution is 7.57. The highest BCUT2D eigenvalue weighted by Gasteiger charge is 2.37. The third-order valence-electron chi connectivity index (χ3n) is 4.92. The molecule has 16 heteroatoms. The maximum atomic E-state index is 13.8. The number of nitrogens with one attached hydrogen (secondary N) is 2. The topological polar surface area (TPSA) is 156 Å². The maximum Gasteiger partial charge on any atom is 0.522 e. The lowest BCUT2D eigenvalue weighted by Crippen LogP contribution is -2.49. The monoisotopic (exact) mass is 559 g/mol. The number of alkyl halides is 3. The van der Waals surface area contributed by atoms with Gasteiger partial charge in [0.25, 0.3) is 0 Å². The summed E-state index contributed by atoms with van der Waals surface area (Å²) in [7, 11) is -4.13. The number of nitrogen functional groups attached to an aromatic ring is 1. The molecule has 208 valence electrons. The van der Waals surface area contributed by atoms with Gasteiger partial charge in [0.1, 0.15) is 30.0 Å². The number of carbonyl (C=O) groups is 1. The van der Waals surface area contributed by atoms with Crippen LogP contribution in [-0.4, -0.2) is 62.9 Å². The smallest absolute Gasteiger partial charge is 0.431 e. The molecule has 3 rings (SSSR count). The van der Waals surface area contributed by atoms with Crippen LogP contribution in [0, 0.1) is 0 Å². The van der Waals surface area contributed by atoms with Crippen LogP contribution in [0.4, 0.5) is 19.0 Å². The number of benzene rings is 1. The predicted molar refractivity (Wildman–Crippen MR) is 132 cm³/mol. The van der Waals surface area contributed by atoms with Gasteiger partial charge in [-0.2, -0.15) is 0 Å². The Bertz CT molecular complexity index is 1260. The summed E-state index contributed by atoms with van der Waals surface area (Å²) in [6.07, 6.45) is -3.39. The number of imidazole rings is 1. The number of carbonyl (C=O) groups excluding carboxylic acids is 1. The van der Waals surface area contributed by atoms with Crippen LogP contribution in [0.25, 0.3) is 11.2 Å². The number of hydrogen-bond donors (Lipinski definition) is 3. The van der Waals surface area contributed by atoms with Crippen molar-refractivity contribution in [1.82, 2.24) is 29.9 Å². The minimum atomic E-state index is -5.01. The molecule has 3 atom stereocenters. The molecule has 0 aliphatic rings. The molecule has 0 radical (unpaired) electrons. The molecule has 4 N–H and O–H groups in total. The molecule has 0 saturated carbocycles. The molecule has 1 aromatic carbocycles. The van der Waals surface area contributed by atoms with Crippen molar-refractivity contribution in [3.05, 3.63) is 43.0 Å². The maximum absolute atomic E-state index is 13.8. The van der Waals surface area contributed by atoms with Crippen LogP contribution in [0.3, 0.4) is 0 Å². The van der Waals surface area contributed by atoms with E-state index in [1.54, 1.807) is 43.5 Å². The molecule has 2 aromatic heterocycles. The molecule has 0 saturated heterocycles. The molecular weight excluding hydrogens is 530 g/mol. The molecule has 12 nitrogen and oxygen atoms in total. The SMILES string of the molecule is CC(C)NC(=O)[C@H](COC(F)(F)F)N[P@](=O)(CO[C@H](C)Cn1cnc2c(N)ncnc21)Oc1ccccc1. The molecule has 38 heavy (non-hydrogen) atoms. The number of hydrogen-bond acceptors (Lipinski definition) is 9. The number of nitrogens with zero attached hydrogens (tertiary/aromatic N) is 4. The Hall–Kier alpha value is -3.26. The summed E-state index contributed by atoms with van der Waals surface area (Å²) in [5.74, 6) is -0.484. The zero-order valence-corrected chi connectivity index (χ0v) is 21.8. The summed E-state index contributed by atoms with van der Waals surface area (Å²) < 4.78 is 69.1. The van der Waals surface area contributed by atoms with Crippen LogP contribution in [-0.2, 0) is 25.4 Å². The summed E-state index contributed by atoms with van der Waals surface area (Å²) in [4.78, 5) is 24.8. The molecule has 0 fully saturated rings. The molecular formula is C22H29F3N7O5P. The molecule has 2 heterocycles. The molecule has 0 aliphatic heterocycles. The minimum absolute atomic E-state index is 0.159. The first kappa shape index (κ1) is 29.3. The normalized spacial score (nSPS) is 15.2. The number of para-hydroxylation sites is 1. The third kappa shape index (κ3) is 8.65. The first-order valence-electron chi connectivity index (χ1n) is 11.5. The van der Waals surface area contributed by atoms with E-state index in [1.807, 2.05) is 0 Å². The van der Waals surface area contributed by atoms with Crippen molar-refractivity contribution in [3.63, 3.8) is 0 Å². The van der Waals surface area contributed by atoms with Crippen molar-refractivity contribution in [3.8, 4) is 5.75 Å². The minimum Gasteiger partial charge on any atom is -0.431 e. The number of halogens is 3. The number of fused-ring (bicyclic) bond motifs is 1. The lowest BCUT2D eigenvalue weighted by Gasteiger charge is -2.27. The molecule has 0 unspecified atom stereocenters. The van der Waals surface area contributed by atoms with Gasteiger partial charge < -0.3 is 24.9 Å². The highest BCUT2D eigenvalue weighted by atomic mass is 31.2. The van der Waals surface area contributed by atoms with Gasteiger partial charge in [0.15, 0.2) is 11.5 Å². The van der Waals surface area contributed by atoms with Gasteiger partial charge >= 0.3 is 13.9 Å². The predicted octanol–water partition coefficient (Wildman–Crippen LogP) is 3.06. The van der Waals surface area contributed by atoms with E-state index in [0.717, 1.165) is 0 Å². The van der Waals surface area contributed by atoms with Crippen molar-refractivity contribution < 1.29 is 36.5 Å². The van der Waals surface area contributed by atoms with Gasteiger partial charge in [-0.1, -0.05) is 18.2 Å². The molecule has 0 spiro atoms. The zero-order valence-electron chi connectivity index (χ0n) is 20.9. The van der Waals surface area contributed by atoms with Crippen molar-refractivity contribution in [2.75, 3.05) is 18.7 Å². The lowest BCUT2D eigenvalue weighted by molar-refractivity contribution is -0.325. The van der Waals surface area contributed by atoms with E-state index in [0.29, 0.717) is 11.2 Å².